The molecule has 1 aromatic heterocycles. The normalized spacial score (nSPS) is 10.6. The summed E-state index contributed by atoms with van der Waals surface area (Å²) in [5.41, 5.74) is 2.00. The number of hydrogen-bond donors (Lipinski definition) is 1. The van der Waals surface area contributed by atoms with E-state index < -0.39 is 0 Å². The van der Waals surface area contributed by atoms with Crippen molar-refractivity contribution in [2.45, 2.75) is 46.6 Å². The molecular weight excluding hydrogens is 174 g/mol. The van der Waals surface area contributed by atoms with Gasteiger partial charge in [-0.25, -0.2) is 4.98 Å². The Balaban J connectivity index is 2.72. The highest BCUT2D eigenvalue weighted by Gasteiger charge is 2.04. The second kappa shape index (κ2) is 4.94. The van der Waals surface area contributed by atoms with Crippen molar-refractivity contribution in [2.24, 2.45) is 0 Å². The Hall–Kier alpha value is -1.12. The van der Waals surface area contributed by atoms with Crippen molar-refractivity contribution in [1.29, 1.82) is 0 Å². The predicted molar refractivity (Wildman–Crippen MR) is 59.5 cm³/mol. The highest BCUT2D eigenvalue weighted by Crippen LogP contribution is 2.09. The lowest BCUT2D eigenvalue weighted by atomic mass is 10.2. The fourth-order valence-electron chi connectivity index (χ4n) is 1.31. The molecule has 0 saturated heterocycles. The van der Waals surface area contributed by atoms with Gasteiger partial charge in [-0.05, 0) is 26.7 Å². The molecule has 0 radical (unpaired) electrons. The standard InChI is InChI=1S/C11H19N3/c1-5-10(6-2)14-11-7-12-8(3)9(4)13-11/h7,10H,5-6H2,1-4H3,(H,13,14). The molecular formula is C11H19N3. The first-order valence-corrected chi connectivity index (χ1v) is 5.24. The third kappa shape index (κ3) is 2.69. The minimum atomic E-state index is 0.506. The first-order chi connectivity index (χ1) is 6.67. The lowest BCUT2D eigenvalue weighted by Gasteiger charge is -2.15. The van der Waals surface area contributed by atoms with Crippen LogP contribution in [0.1, 0.15) is 38.1 Å². The minimum Gasteiger partial charge on any atom is -0.366 e. The van der Waals surface area contributed by atoms with Gasteiger partial charge in [0.2, 0.25) is 0 Å². The zero-order chi connectivity index (χ0) is 10.6. The summed E-state index contributed by atoms with van der Waals surface area (Å²) in [5, 5.41) is 3.37. The summed E-state index contributed by atoms with van der Waals surface area (Å²) >= 11 is 0. The highest BCUT2D eigenvalue weighted by atomic mass is 15.0. The lowest BCUT2D eigenvalue weighted by Crippen LogP contribution is -2.18. The summed E-state index contributed by atoms with van der Waals surface area (Å²) in [6.45, 7) is 8.31. The second-order valence-electron chi connectivity index (χ2n) is 3.58. The van der Waals surface area contributed by atoms with E-state index in [2.05, 4.69) is 29.1 Å². The van der Waals surface area contributed by atoms with Crippen LogP contribution in [0.3, 0.4) is 0 Å². The van der Waals surface area contributed by atoms with Gasteiger partial charge in [0.1, 0.15) is 5.82 Å². The van der Waals surface area contributed by atoms with E-state index in [9.17, 15) is 0 Å². The second-order valence-corrected chi connectivity index (χ2v) is 3.58. The van der Waals surface area contributed by atoms with Crippen molar-refractivity contribution in [3.05, 3.63) is 17.6 Å². The summed E-state index contributed by atoms with van der Waals surface area (Å²) in [6.07, 6.45) is 4.04. The molecule has 0 aliphatic carbocycles. The molecule has 0 amide bonds. The molecule has 0 spiro atoms. The van der Waals surface area contributed by atoms with Crippen molar-refractivity contribution in [3.8, 4) is 0 Å². The molecule has 0 saturated carbocycles. The maximum absolute atomic E-state index is 4.43. The number of anilines is 1. The molecule has 0 aromatic carbocycles. The summed E-state index contributed by atoms with van der Waals surface area (Å²) in [5.74, 6) is 0.891. The Kier molecular flexibility index (Phi) is 3.86. The molecule has 14 heavy (non-hydrogen) atoms. The Morgan fingerprint density at radius 3 is 2.36 bits per heavy atom. The first-order valence-electron chi connectivity index (χ1n) is 5.24. The maximum atomic E-state index is 4.43. The van der Waals surface area contributed by atoms with Gasteiger partial charge in [0.25, 0.3) is 0 Å². The zero-order valence-corrected chi connectivity index (χ0v) is 9.46. The van der Waals surface area contributed by atoms with E-state index in [-0.39, 0.29) is 0 Å². The monoisotopic (exact) mass is 193 g/mol. The first kappa shape index (κ1) is 11.0. The summed E-state index contributed by atoms with van der Waals surface area (Å²) in [7, 11) is 0. The Morgan fingerprint density at radius 2 is 1.86 bits per heavy atom. The van der Waals surface area contributed by atoms with Gasteiger partial charge in [0.15, 0.2) is 0 Å². The fraction of sp³-hybridized carbons (Fsp3) is 0.636. The molecule has 0 unspecified atom stereocenters. The number of rotatable bonds is 4. The van der Waals surface area contributed by atoms with Crippen LogP contribution < -0.4 is 5.32 Å². The minimum absolute atomic E-state index is 0.506. The molecule has 1 N–H and O–H groups in total. The maximum Gasteiger partial charge on any atom is 0.145 e. The highest BCUT2D eigenvalue weighted by molar-refractivity contribution is 5.34. The predicted octanol–water partition coefficient (Wildman–Crippen LogP) is 2.69. The van der Waals surface area contributed by atoms with Crippen LogP contribution in [0, 0.1) is 13.8 Å². The zero-order valence-electron chi connectivity index (χ0n) is 9.46. The van der Waals surface area contributed by atoms with Crippen molar-refractivity contribution < 1.29 is 0 Å². The van der Waals surface area contributed by atoms with Gasteiger partial charge in [-0.3, -0.25) is 4.98 Å². The summed E-state index contributed by atoms with van der Waals surface area (Å²) in [6, 6.07) is 0.506. The Labute approximate surface area is 86.0 Å². The van der Waals surface area contributed by atoms with Crippen LogP contribution in [0.2, 0.25) is 0 Å². The number of nitrogens with zero attached hydrogens (tertiary/aromatic N) is 2. The van der Waals surface area contributed by atoms with E-state index in [4.69, 9.17) is 0 Å². The van der Waals surface area contributed by atoms with Crippen molar-refractivity contribution in [2.75, 3.05) is 5.32 Å². The van der Waals surface area contributed by atoms with Crippen molar-refractivity contribution in [1.82, 2.24) is 9.97 Å². The van der Waals surface area contributed by atoms with Gasteiger partial charge < -0.3 is 5.32 Å². The Morgan fingerprint density at radius 1 is 1.21 bits per heavy atom. The van der Waals surface area contributed by atoms with Crippen LogP contribution in [0.5, 0.6) is 0 Å². The smallest absolute Gasteiger partial charge is 0.145 e. The number of aryl methyl sites for hydroxylation is 2. The molecule has 0 aliphatic heterocycles. The van der Waals surface area contributed by atoms with Crippen LogP contribution in [0.15, 0.2) is 6.20 Å². The third-order valence-electron chi connectivity index (χ3n) is 2.53. The number of nitrogens with one attached hydrogen (secondary N) is 1. The largest absolute Gasteiger partial charge is 0.366 e. The van der Waals surface area contributed by atoms with Crippen LogP contribution in [-0.2, 0) is 0 Å². The van der Waals surface area contributed by atoms with E-state index in [0.717, 1.165) is 30.0 Å². The molecule has 78 valence electrons. The molecule has 0 fully saturated rings. The Bertz CT molecular complexity index is 293. The molecule has 1 aromatic rings. The SMILES string of the molecule is CCC(CC)Nc1cnc(C)c(C)n1. The quantitative estimate of drug-likeness (QED) is 0.799. The van der Waals surface area contributed by atoms with E-state index in [1.54, 1.807) is 6.20 Å². The van der Waals surface area contributed by atoms with E-state index in [1.807, 2.05) is 13.8 Å². The van der Waals surface area contributed by atoms with Gasteiger partial charge in [-0.2, -0.15) is 0 Å². The van der Waals surface area contributed by atoms with Crippen LogP contribution in [0.4, 0.5) is 5.82 Å². The van der Waals surface area contributed by atoms with Gasteiger partial charge in [0.05, 0.1) is 17.6 Å². The van der Waals surface area contributed by atoms with Crippen LogP contribution in [0.25, 0.3) is 0 Å². The van der Waals surface area contributed by atoms with E-state index in [0.29, 0.717) is 6.04 Å². The topological polar surface area (TPSA) is 37.8 Å². The number of hydrogen-bond acceptors (Lipinski definition) is 3. The van der Waals surface area contributed by atoms with E-state index >= 15 is 0 Å². The van der Waals surface area contributed by atoms with E-state index in [1.165, 1.54) is 0 Å². The molecule has 0 aliphatic rings. The molecule has 0 atom stereocenters. The van der Waals surface area contributed by atoms with Crippen LogP contribution in [-0.4, -0.2) is 16.0 Å². The molecule has 1 rings (SSSR count). The molecule has 3 heteroatoms. The molecule has 0 bridgehead atoms. The van der Waals surface area contributed by atoms with Crippen LogP contribution >= 0.6 is 0 Å². The van der Waals surface area contributed by atoms with Gasteiger partial charge in [-0.1, -0.05) is 13.8 Å². The van der Waals surface area contributed by atoms with Crippen molar-refractivity contribution >= 4 is 5.82 Å². The lowest BCUT2D eigenvalue weighted by molar-refractivity contribution is 0.667. The molecule has 1 heterocycles. The third-order valence-corrected chi connectivity index (χ3v) is 2.53. The van der Waals surface area contributed by atoms with Crippen molar-refractivity contribution in [3.63, 3.8) is 0 Å². The van der Waals surface area contributed by atoms with Gasteiger partial charge in [-0.15, -0.1) is 0 Å². The summed E-state index contributed by atoms with van der Waals surface area (Å²) in [4.78, 5) is 8.71. The van der Waals surface area contributed by atoms with Gasteiger partial charge >= 0.3 is 0 Å². The average molecular weight is 193 g/mol. The number of aromatic nitrogens is 2. The van der Waals surface area contributed by atoms with Gasteiger partial charge in [0, 0.05) is 6.04 Å². The summed E-state index contributed by atoms with van der Waals surface area (Å²) < 4.78 is 0. The average Bonchev–Trinajstić information content (AvgIpc) is 2.19. The molecule has 3 nitrogen and oxygen atoms in total. The fourth-order valence-corrected chi connectivity index (χ4v) is 1.31.